The van der Waals surface area contributed by atoms with Crippen LogP contribution in [0, 0.1) is 0 Å². The third kappa shape index (κ3) is 7.01. The summed E-state index contributed by atoms with van der Waals surface area (Å²) >= 11 is 0. The Morgan fingerprint density at radius 3 is 1.85 bits per heavy atom. The van der Waals surface area contributed by atoms with Gasteiger partial charge in [0.05, 0.1) is 12.8 Å². The van der Waals surface area contributed by atoms with E-state index in [-0.39, 0.29) is 30.3 Å². The predicted octanol–water partition coefficient (Wildman–Crippen LogP) is 3.25. The Hall–Kier alpha value is -1.52. The summed E-state index contributed by atoms with van der Waals surface area (Å²) in [4.78, 5) is 0. The molecule has 0 N–H and O–H groups in total. The molecule has 1 heterocycles. The molecule has 1 saturated heterocycles. The molecule has 1 aliphatic rings. The zero-order valence-electron chi connectivity index (χ0n) is 20.1. The minimum absolute atomic E-state index is 0. The van der Waals surface area contributed by atoms with E-state index in [1.54, 1.807) is 0 Å². The summed E-state index contributed by atoms with van der Waals surface area (Å²) in [5.41, 5.74) is 1.40. The van der Waals surface area contributed by atoms with Crippen LogP contribution in [-0.2, 0) is 9.47 Å². The maximum Gasteiger partial charge on any atom is 0.157 e. The smallest absolute Gasteiger partial charge is 0.157 e. The summed E-state index contributed by atoms with van der Waals surface area (Å²) < 4.78 is 11.6. The predicted molar refractivity (Wildman–Crippen MR) is 143 cm³/mol. The van der Waals surface area contributed by atoms with Gasteiger partial charge in [0.15, 0.2) is 6.29 Å². The molecule has 1 aliphatic heterocycles. The molecule has 4 rings (SSSR count). The van der Waals surface area contributed by atoms with Gasteiger partial charge in [-0.15, -0.1) is 0 Å². The molecule has 2 nitrogen and oxygen atoms in total. The highest BCUT2D eigenvalue weighted by molar-refractivity contribution is 7.95. The fourth-order valence-corrected chi connectivity index (χ4v) is 9.06. The van der Waals surface area contributed by atoms with Gasteiger partial charge < -0.3 is 33.5 Å². The van der Waals surface area contributed by atoms with Gasteiger partial charge in [-0.3, -0.25) is 0 Å². The van der Waals surface area contributed by atoms with E-state index >= 15 is 0 Å². The molecular formula is C30H36IO2P. The van der Waals surface area contributed by atoms with Crippen molar-refractivity contribution in [3.63, 3.8) is 0 Å². The van der Waals surface area contributed by atoms with E-state index < -0.39 is 7.26 Å². The Morgan fingerprint density at radius 1 is 0.853 bits per heavy atom. The molecule has 0 radical (unpaired) electrons. The lowest BCUT2D eigenvalue weighted by molar-refractivity contribution is -0.155. The Bertz CT molecular complexity index is 889. The zero-order valence-corrected chi connectivity index (χ0v) is 23.2. The van der Waals surface area contributed by atoms with Crippen molar-refractivity contribution in [3.05, 3.63) is 103 Å². The van der Waals surface area contributed by atoms with E-state index in [0.717, 1.165) is 38.5 Å². The van der Waals surface area contributed by atoms with Gasteiger partial charge in [0.25, 0.3) is 0 Å². The lowest BCUT2D eigenvalue weighted by atomic mass is 10.2. The second-order valence-corrected chi connectivity index (χ2v) is 12.4. The minimum atomic E-state index is -1.74. The molecule has 1 fully saturated rings. The van der Waals surface area contributed by atoms with Crippen LogP contribution in [0.5, 0.6) is 0 Å². The largest absolute Gasteiger partial charge is 1.00 e. The van der Waals surface area contributed by atoms with Crippen molar-refractivity contribution in [1.82, 2.24) is 0 Å². The van der Waals surface area contributed by atoms with Crippen LogP contribution in [0.3, 0.4) is 0 Å². The second-order valence-electron chi connectivity index (χ2n) is 8.82. The van der Waals surface area contributed by atoms with Crippen LogP contribution in [0.4, 0.5) is 0 Å². The van der Waals surface area contributed by atoms with Crippen LogP contribution in [0.1, 0.15) is 39.0 Å². The Labute approximate surface area is 223 Å². The molecule has 0 saturated carbocycles. The van der Waals surface area contributed by atoms with Gasteiger partial charge in [-0.25, -0.2) is 0 Å². The number of benzene rings is 3. The van der Waals surface area contributed by atoms with E-state index in [1.165, 1.54) is 27.9 Å². The molecule has 34 heavy (non-hydrogen) atoms. The van der Waals surface area contributed by atoms with Crippen molar-refractivity contribution >= 4 is 23.2 Å². The van der Waals surface area contributed by atoms with Crippen LogP contribution < -0.4 is 39.9 Å². The molecular weight excluding hydrogens is 550 g/mol. The van der Waals surface area contributed by atoms with Crippen molar-refractivity contribution < 1.29 is 33.5 Å². The number of halogens is 1. The van der Waals surface area contributed by atoms with Crippen molar-refractivity contribution in [2.24, 2.45) is 0 Å². The fraction of sp³-hybridized carbons (Fsp3) is 0.333. The standard InChI is InChI=1S/C30H36O2P.HI/c1-26(22-24-32-30-21-11-12-23-31-30)14-13-25-33(27-15-5-2-6-16-27,28-17-7-3-8-18-28)29-19-9-4-10-20-29;/h2-10,15-20,22,30H,11-14,21,23-25H2,1H3;1H/q+1;/p-1/b26-22+;. The first-order valence-corrected chi connectivity index (χ1v) is 14.2. The topological polar surface area (TPSA) is 18.5 Å². The number of ether oxygens (including phenoxy) is 2. The fourth-order valence-electron chi connectivity index (χ4n) is 4.72. The monoisotopic (exact) mass is 586 g/mol. The van der Waals surface area contributed by atoms with Gasteiger partial charge in [-0.2, -0.15) is 0 Å². The van der Waals surface area contributed by atoms with Gasteiger partial charge in [-0.1, -0.05) is 66.2 Å². The number of rotatable bonds is 10. The van der Waals surface area contributed by atoms with Gasteiger partial charge in [0.1, 0.15) is 23.2 Å². The Morgan fingerprint density at radius 2 is 1.38 bits per heavy atom. The molecule has 4 heteroatoms. The first-order chi connectivity index (χ1) is 16.3. The highest BCUT2D eigenvalue weighted by atomic mass is 127. The van der Waals surface area contributed by atoms with Crippen LogP contribution >= 0.6 is 7.26 Å². The molecule has 0 aromatic heterocycles. The van der Waals surface area contributed by atoms with Gasteiger partial charge in [0.2, 0.25) is 0 Å². The second kappa shape index (κ2) is 14.1. The van der Waals surface area contributed by atoms with Crippen LogP contribution in [0.2, 0.25) is 0 Å². The van der Waals surface area contributed by atoms with E-state index in [1.807, 2.05) is 0 Å². The molecule has 0 bridgehead atoms. The average molecular weight is 586 g/mol. The van der Waals surface area contributed by atoms with Crippen LogP contribution in [0.25, 0.3) is 0 Å². The molecule has 3 aromatic rings. The van der Waals surface area contributed by atoms with E-state index in [4.69, 9.17) is 9.47 Å². The summed E-state index contributed by atoms with van der Waals surface area (Å²) in [6, 6.07) is 33.5. The SMILES string of the molecule is C/C(=C\COC1CCCCO1)CCC[P+](c1ccccc1)(c1ccccc1)c1ccccc1.[I-]. The number of hydrogen-bond donors (Lipinski definition) is 0. The molecule has 0 amide bonds. The minimum Gasteiger partial charge on any atom is -1.00 e. The van der Waals surface area contributed by atoms with Crippen LogP contribution in [0.15, 0.2) is 103 Å². The Kier molecular flexibility index (Phi) is 11.3. The molecule has 180 valence electrons. The lowest BCUT2D eigenvalue weighted by Crippen LogP contribution is -3.00. The molecule has 0 aliphatic carbocycles. The molecule has 0 spiro atoms. The van der Waals surface area contributed by atoms with Crippen molar-refractivity contribution in [2.75, 3.05) is 19.4 Å². The summed E-state index contributed by atoms with van der Waals surface area (Å²) in [7, 11) is -1.74. The number of allylic oxidation sites excluding steroid dienone is 1. The van der Waals surface area contributed by atoms with Crippen molar-refractivity contribution in [3.8, 4) is 0 Å². The van der Waals surface area contributed by atoms with Gasteiger partial charge >= 0.3 is 0 Å². The third-order valence-corrected chi connectivity index (χ3v) is 11.0. The Balaban J connectivity index is 0.00000324. The van der Waals surface area contributed by atoms with Crippen molar-refractivity contribution in [2.45, 2.75) is 45.3 Å². The summed E-state index contributed by atoms with van der Waals surface area (Å²) in [5, 5.41) is 4.38. The first kappa shape index (κ1) is 27.1. The summed E-state index contributed by atoms with van der Waals surface area (Å²) in [6.07, 6.45) is 8.99. The number of hydrogen-bond acceptors (Lipinski definition) is 2. The van der Waals surface area contributed by atoms with Gasteiger partial charge in [0, 0.05) is 6.61 Å². The maximum atomic E-state index is 5.92. The van der Waals surface area contributed by atoms with E-state index in [2.05, 4.69) is 104 Å². The van der Waals surface area contributed by atoms with Crippen molar-refractivity contribution in [1.29, 1.82) is 0 Å². The average Bonchev–Trinajstić information content (AvgIpc) is 2.89. The van der Waals surface area contributed by atoms with Gasteiger partial charge in [-0.05, 0) is 75.4 Å². The third-order valence-electron chi connectivity index (χ3n) is 6.51. The zero-order chi connectivity index (χ0) is 22.8. The first-order valence-electron chi connectivity index (χ1n) is 12.2. The normalized spacial score (nSPS) is 16.6. The van der Waals surface area contributed by atoms with Crippen LogP contribution in [-0.4, -0.2) is 25.7 Å². The van der Waals surface area contributed by atoms with E-state index in [0.29, 0.717) is 6.61 Å². The quantitative estimate of drug-likeness (QED) is 0.207. The highest BCUT2D eigenvalue weighted by Gasteiger charge is 2.44. The molecule has 3 aromatic carbocycles. The summed E-state index contributed by atoms with van der Waals surface area (Å²) in [5.74, 6) is 0. The lowest BCUT2D eigenvalue weighted by Gasteiger charge is -2.27. The molecule has 1 unspecified atom stereocenters. The maximum absolute atomic E-state index is 5.92. The highest BCUT2D eigenvalue weighted by Crippen LogP contribution is 2.56. The molecule has 1 atom stereocenters. The van der Waals surface area contributed by atoms with E-state index in [9.17, 15) is 0 Å². The summed E-state index contributed by atoms with van der Waals surface area (Å²) in [6.45, 7) is 3.71.